The second kappa shape index (κ2) is 12.2. The van der Waals surface area contributed by atoms with Gasteiger partial charge in [0.05, 0.1) is 0 Å². The highest BCUT2D eigenvalue weighted by molar-refractivity contribution is 6.04. The molecule has 0 N–H and O–H groups in total. The highest BCUT2D eigenvalue weighted by Crippen LogP contribution is 2.55. The van der Waals surface area contributed by atoms with E-state index in [4.69, 9.17) is 15.0 Å². The fourth-order valence-electron chi connectivity index (χ4n) is 7.95. The number of hydrogen-bond donors (Lipinski definition) is 0. The quantitative estimate of drug-likeness (QED) is 0.183. The van der Waals surface area contributed by atoms with Crippen molar-refractivity contribution < 1.29 is 0 Å². The molecule has 0 fully saturated rings. The van der Waals surface area contributed by atoms with E-state index >= 15 is 0 Å². The predicted octanol–water partition coefficient (Wildman–Crippen LogP) is 12.6. The molecule has 1 heterocycles. The Labute approximate surface area is 305 Å². The Hall–Kier alpha value is -6.19. The van der Waals surface area contributed by atoms with Gasteiger partial charge in [-0.15, -0.1) is 0 Å². The van der Waals surface area contributed by atoms with Crippen LogP contribution in [0.15, 0.2) is 164 Å². The Morgan fingerprint density at radius 1 is 0.308 bits per heavy atom. The van der Waals surface area contributed by atoms with E-state index < -0.39 is 0 Å². The Kier molecular flexibility index (Phi) is 7.48. The topological polar surface area (TPSA) is 38.7 Å². The normalized spacial score (nSPS) is 14.1. The van der Waals surface area contributed by atoms with Crippen molar-refractivity contribution in [2.24, 2.45) is 0 Å². The van der Waals surface area contributed by atoms with Crippen LogP contribution in [0.4, 0.5) is 0 Å². The minimum absolute atomic E-state index is 0.0534. The van der Waals surface area contributed by atoms with E-state index in [0.717, 1.165) is 27.5 Å². The number of benzene rings is 7. The van der Waals surface area contributed by atoms with Gasteiger partial charge in [-0.3, -0.25) is 0 Å². The van der Waals surface area contributed by atoms with Gasteiger partial charge in [0.2, 0.25) is 0 Å². The molecule has 7 aromatic carbocycles. The van der Waals surface area contributed by atoms with Crippen LogP contribution >= 0.6 is 0 Å². The summed E-state index contributed by atoms with van der Waals surface area (Å²) in [6, 6.07) is 58.2. The van der Waals surface area contributed by atoms with E-state index in [1.54, 1.807) is 0 Å². The Bertz CT molecular complexity index is 2550. The van der Waals surface area contributed by atoms with Crippen LogP contribution in [0.3, 0.4) is 0 Å². The molecule has 3 heteroatoms. The van der Waals surface area contributed by atoms with Gasteiger partial charge in [-0.1, -0.05) is 173 Å². The summed E-state index contributed by atoms with van der Waals surface area (Å²) in [5.74, 6) is 1.98. The van der Waals surface area contributed by atoms with Gasteiger partial charge in [0.25, 0.3) is 0 Å². The molecule has 1 aliphatic rings. The molecule has 8 aromatic rings. The van der Waals surface area contributed by atoms with Crippen LogP contribution in [-0.4, -0.2) is 15.0 Å². The van der Waals surface area contributed by atoms with Crippen molar-refractivity contribution in [2.75, 3.05) is 0 Å². The second-order valence-corrected chi connectivity index (χ2v) is 14.9. The van der Waals surface area contributed by atoms with Gasteiger partial charge in [0.15, 0.2) is 17.5 Å². The first kappa shape index (κ1) is 31.8. The zero-order valence-electron chi connectivity index (χ0n) is 29.9. The van der Waals surface area contributed by atoms with Crippen molar-refractivity contribution in [2.45, 2.75) is 38.5 Å². The lowest BCUT2D eigenvalue weighted by Crippen LogP contribution is -2.43. The predicted molar refractivity (Wildman–Crippen MR) is 216 cm³/mol. The van der Waals surface area contributed by atoms with Crippen molar-refractivity contribution in [1.82, 2.24) is 15.0 Å². The Balaban J connectivity index is 1.22. The summed E-state index contributed by atoms with van der Waals surface area (Å²) in [7, 11) is 0. The lowest BCUT2D eigenvalue weighted by Gasteiger charge is -2.48. The molecule has 52 heavy (non-hydrogen) atoms. The van der Waals surface area contributed by atoms with Gasteiger partial charge < -0.3 is 0 Å². The van der Waals surface area contributed by atoms with Crippen LogP contribution in [0.2, 0.25) is 0 Å². The van der Waals surface area contributed by atoms with E-state index in [0.29, 0.717) is 17.5 Å². The zero-order chi connectivity index (χ0) is 35.5. The maximum Gasteiger partial charge on any atom is 0.164 e. The number of aromatic nitrogens is 3. The molecule has 0 atom stereocenters. The van der Waals surface area contributed by atoms with Crippen molar-refractivity contribution >= 4 is 10.8 Å². The highest BCUT2D eigenvalue weighted by Gasteiger charge is 2.45. The molecule has 3 nitrogen and oxygen atoms in total. The largest absolute Gasteiger partial charge is 0.208 e. The fourth-order valence-corrected chi connectivity index (χ4v) is 7.95. The minimum atomic E-state index is -0.0698. The average molecular weight is 670 g/mol. The van der Waals surface area contributed by atoms with Crippen molar-refractivity contribution in [1.29, 1.82) is 0 Å². The zero-order valence-corrected chi connectivity index (χ0v) is 29.9. The van der Waals surface area contributed by atoms with Crippen LogP contribution < -0.4 is 0 Å². The maximum absolute atomic E-state index is 5.08. The van der Waals surface area contributed by atoms with Gasteiger partial charge >= 0.3 is 0 Å². The SMILES string of the molecule is CC1(C)c2ccc(-c3ccccc3)cc2-c2cc(-c3ccc(-c4nc(-c5ccccc5)nc(-c5ccccc5)n4)c4ccccc34)ccc2C1(C)C. The monoisotopic (exact) mass is 669 g/mol. The summed E-state index contributed by atoms with van der Waals surface area (Å²) in [5.41, 5.74) is 13.0. The summed E-state index contributed by atoms with van der Waals surface area (Å²) in [5, 5.41) is 2.27. The van der Waals surface area contributed by atoms with Gasteiger partial charge in [-0.2, -0.15) is 0 Å². The number of hydrogen-bond acceptors (Lipinski definition) is 3. The average Bonchev–Trinajstić information content (AvgIpc) is 3.20. The lowest BCUT2D eigenvalue weighted by molar-refractivity contribution is 0.299. The molecule has 0 bridgehead atoms. The van der Waals surface area contributed by atoms with Gasteiger partial charge in [-0.05, 0) is 84.3 Å². The molecule has 0 saturated heterocycles. The number of fused-ring (bicyclic) bond motifs is 4. The summed E-state index contributed by atoms with van der Waals surface area (Å²) in [6.45, 7) is 9.58. The smallest absolute Gasteiger partial charge is 0.164 e. The van der Waals surface area contributed by atoms with Crippen molar-refractivity contribution in [3.8, 4) is 67.5 Å². The molecule has 0 aliphatic heterocycles. The standard InChI is InChI=1S/C49H39N3/c1-48(2)43-28-24-35(32-16-8-5-9-17-32)30-41(43)42-31-36(25-29-44(42)49(48,3)4)37-26-27-40(39-23-15-14-22-38(37)39)47-51-45(33-18-10-6-11-19-33)50-46(52-47)34-20-12-7-13-21-34/h5-31H,1-4H3. The molecule has 0 radical (unpaired) electrons. The second-order valence-electron chi connectivity index (χ2n) is 14.9. The molecule has 1 aliphatic carbocycles. The summed E-state index contributed by atoms with van der Waals surface area (Å²) >= 11 is 0. The van der Waals surface area contributed by atoms with Crippen LogP contribution in [0.25, 0.3) is 78.3 Å². The summed E-state index contributed by atoms with van der Waals surface area (Å²) in [4.78, 5) is 15.1. The van der Waals surface area contributed by atoms with E-state index in [1.165, 1.54) is 44.5 Å². The molecular weight excluding hydrogens is 631 g/mol. The van der Waals surface area contributed by atoms with Crippen LogP contribution in [0, 0.1) is 0 Å². The van der Waals surface area contributed by atoms with Crippen molar-refractivity contribution in [3.63, 3.8) is 0 Å². The minimum Gasteiger partial charge on any atom is -0.208 e. The molecule has 1 aromatic heterocycles. The van der Waals surface area contributed by atoms with Gasteiger partial charge in [0, 0.05) is 16.7 Å². The van der Waals surface area contributed by atoms with E-state index in [9.17, 15) is 0 Å². The van der Waals surface area contributed by atoms with Gasteiger partial charge in [0.1, 0.15) is 0 Å². The molecule has 250 valence electrons. The third-order valence-corrected chi connectivity index (χ3v) is 11.5. The van der Waals surface area contributed by atoms with Crippen LogP contribution in [-0.2, 0) is 10.8 Å². The molecule has 0 saturated carbocycles. The first-order valence-corrected chi connectivity index (χ1v) is 18.0. The third-order valence-electron chi connectivity index (χ3n) is 11.5. The Morgan fingerprint density at radius 3 is 1.25 bits per heavy atom. The Morgan fingerprint density at radius 2 is 0.712 bits per heavy atom. The third kappa shape index (κ3) is 5.15. The summed E-state index contributed by atoms with van der Waals surface area (Å²) in [6.07, 6.45) is 0. The van der Waals surface area contributed by atoms with E-state index in [1.807, 2.05) is 36.4 Å². The number of rotatable bonds is 5. The van der Waals surface area contributed by atoms with Crippen LogP contribution in [0.1, 0.15) is 38.8 Å². The molecule has 0 unspecified atom stereocenters. The van der Waals surface area contributed by atoms with Crippen LogP contribution in [0.5, 0.6) is 0 Å². The number of nitrogens with zero attached hydrogens (tertiary/aromatic N) is 3. The first-order valence-electron chi connectivity index (χ1n) is 18.0. The molecule has 9 rings (SSSR count). The van der Waals surface area contributed by atoms with E-state index in [2.05, 4.69) is 155 Å². The highest BCUT2D eigenvalue weighted by atomic mass is 15.0. The summed E-state index contributed by atoms with van der Waals surface area (Å²) < 4.78 is 0. The molecule has 0 spiro atoms. The first-order chi connectivity index (χ1) is 25.3. The maximum atomic E-state index is 5.08. The molecular formula is C49H39N3. The van der Waals surface area contributed by atoms with Gasteiger partial charge in [-0.25, -0.2) is 15.0 Å². The van der Waals surface area contributed by atoms with Crippen molar-refractivity contribution in [3.05, 3.63) is 175 Å². The van der Waals surface area contributed by atoms with E-state index in [-0.39, 0.29) is 10.8 Å². The fraction of sp³-hybridized carbons (Fsp3) is 0.122. The lowest BCUT2D eigenvalue weighted by atomic mass is 9.55. The molecule has 0 amide bonds.